The molecule has 1 aromatic carbocycles. The minimum Gasteiger partial charge on any atom is -0.411 e. The molecule has 2 aromatic rings. The summed E-state index contributed by atoms with van der Waals surface area (Å²) in [6.07, 6.45) is 6.15. The third-order valence-electron chi connectivity index (χ3n) is 6.99. The zero-order chi connectivity index (χ0) is 22.6. The molecule has 170 valence electrons. The number of nitrogens with zero attached hydrogens (tertiary/aromatic N) is 4. The average Bonchev–Trinajstić information content (AvgIpc) is 2.84. The van der Waals surface area contributed by atoms with Gasteiger partial charge in [0.2, 0.25) is 5.91 Å². The van der Waals surface area contributed by atoms with E-state index in [1.165, 1.54) is 0 Å². The van der Waals surface area contributed by atoms with Crippen LogP contribution in [0.5, 0.6) is 0 Å². The van der Waals surface area contributed by atoms with Gasteiger partial charge in [0.05, 0.1) is 10.7 Å². The molecule has 1 aliphatic carbocycles. The summed E-state index contributed by atoms with van der Waals surface area (Å²) in [7, 11) is 0. The first-order valence-corrected chi connectivity index (χ1v) is 11.8. The van der Waals surface area contributed by atoms with Crippen molar-refractivity contribution in [1.82, 2.24) is 9.88 Å². The second kappa shape index (κ2) is 9.90. The monoisotopic (exact) mass is 454 g/mol. The molecule has 1 saturated heterocycles. The molecule has 4 rings (SSSR count). The standard InChI is InChI=1S/C25H31ClN4O2/c1-25(18-22(28-32)19-6-3-2-4-7-19)11-9-20(10-12-25)24(31)30-16-14-29(15-17-30)23-21(26)8-5-13-27-23/h2-8,13,20,32H,9-12,14-18H2,1H3/b28-22+. The van der Waals surface area contributed by atoms with Crippen LogP contribution in [0.25, 0.3) is 0 Å². The van der Waals surface area contributed by atoms with Crippen LogP contribution >= 0.6 is 11.6 Å². The van der Waals surface area contributed by atoms with Gasteiger partial charge in [0, 0.05) is 38.3 Å². The van der Waals surface area contributed by atoms with Gasteiger partial charge in [-0.3, -0.25) is 4.79 Å². The normalized spacial score (nSPS) is 24.4. The molecule has 1 aromatic heterocycles. The predicted octanol–water partition coefficient (Wildman–Crippen LogP) is 4.85. The maximum absolute atomic E-state index is 13.2. The van der Waals surface area contributed by atoms with Gasteiger partial charge < -0.3 is 15.0 Å². The van der Waals surface area contributed by atoms with E-state index in [-0.39, 0.29) is 17.2 Å². The Morgan fingerprint density at radius 3 is 2.44 bits per heavy atom. The van der Waals surface area contributed by atoms with Crippen molar-refractivity contribution < 1.29 is 10.0 Å². The van der Waals surface area contributed by atoms with Crippen LogP contribution in [0.1, 0.15) is 44.6 Å². The number of rotatable bonds is 5. The Bertz CT molecular complexity index is 949. The minimum absolute atomic E-state index is 0.0443. The number of hydrogen-bond acceptors (Lipinski definition) is 5. The number of benzene rings is 1. The molecule has 0 spiro atoms. The summed E-state index contributed by atoms with van der Waals surface area (Å²) in [5, 5.41) is 13.8. The molecule has 1 N–H and O–H groups in total. The zero-order valence-electron chi connectivity index (χ0n) is 18.6. The predicted molar refractivity (Wildman–Crippen MR) is 127 cm³/mol. The average molecular weight is 455 g/mol. The number of amides is 1. The maximum atomic E-state index is 13.2. The molecule has 6 nitrogen and oxygen atoms in total. The third kappa shape index (κ3) is 5.07. The maximum Gasteiger partial charge on any atom is 0.225 e. The van der Waals surface area contributed by atoms with Crippen LogP contribution < -0.4 is 4.90 Å². The van der Waals surface area contributed by atoms with Crippen LogP contribution in [0.3, 0.4) is 0 Å². The van der Waals surface area contributed by atoms with E-state index >= 15 is 0 Å². The SMILES string of the molecule is CC1(C/C(=N\O)c2ccccc2)CCC(C(=O)N2CCN(c3ncccc3Cl)CC2)CC1. The summed E-state index contributed by atoms with van der Waals surface area (Å²) in [4.78, 5) is 21.7. The van der Waals surface area contributed by atoms with Gasteiger partial charge in [0.15, 0.2) is 0 Å². The second-order valence-electron chi connectivity index (χ2n) is 9.30. The van der Waals surface area contributed by atoms with Crippen molar-refractivity contribution in [2.75, 3.05) is 31.1 Å². The summed E-state index contributed by atoms with van der Waals surface area (Å²) in [6.45, 7) is 5.15. The van der Waals surface area contributed by atoms with Crippen LogP contribution in [-0.2, 0) is 4.79 Å². The number of aromatic nitrogens is 1. The lowest BCUT2D eigenvalue weighted by Gasteiger charge is -2.41. The highest BCUT2D eigenvalue weighted by molar-refractivity contribution is 6.32. The van der Waals surface area contributed by atoms with Crippen LogP contribution in [-0.4, -0.2) is 52.9 Å². The van der Waals surface area contributed by atoms with Crippen LogP contribution in [0.2, 0.25) is 5.02 Å². The number of pyridine rings is 1. The number of carbonyl (C=O) groups excluding carboxylic acids is 1. The molecular weight excluding hydrogens is 424 g/mol. The molecule has 32 heavy (non-hydrogen) atoms. The number of anilines is 1. The molecule has 1 saturated carbocycles. The summed E-state index contributed by atoms with van der Waals surface area (Å²) in [5.41, 5.74) is 1.73. The van der Waals surface area contributed by atoms with Crippen molar-refractivity contribution in [2.24, 2.45) is 16.5 Å². The lowest BCUT2D eigenvalue weighted by molar-refractivity contribution is -0.137. The molecule has 7 heteroatoms. The number of hydrogen-bond donors (Lipinski definition) is 1. The van der Waals surface area contributed by atoms with Crippen molar-refractivity contribution in [2.45, 2.75) is 39.0 Å². The van der Waals surface area contributed by atoms with Crippen LogP contribution in [0, 0.1) is 11.3 Å². The third-order valence-corrected chi connectivity index (χ3v) is 7.29. The molecule has 0 bridgehead atoms. The zero-order valence-corrected chi connectivity index (χ0v) is 19.3. The fourth-order valence-electron chi connectivity index (χ4n) is 4.98. The Balaban J connectivity index is 1.30. The van der Waals surface area contributed by atoms with Crippen LogP contribution in [0.4, 0.5) is 5.82 Å². The van der Waals surface area contributed by atoms with Gasteiger partial charge in [-0.1, -0.05) is 54.0 Å². The first-order valence-electron chi connectivity index (χ1n) is 11.4. The smallest absolute Gasteiger partial charge is 0.225 e. The summed E-state index contributed by atoms with van der Waals surface area (Å²) < 4.78 is 0. The first-order chi connectivity index (χ1) is 15.5. The fraction of sp³-hybridized carbons (Fsp3) is 0.480. The van der Waals surface area contributed by atoms with Gasteiger partial charge >= 0.3 is 0 Å². The van der Waals surface area contributed by atoms with E-state index in [0.717, 1.165) is 62.3 Å². The van der Waals surface area contributed by atoms with Crippen molar-refractivity contribution in [3.8, 4) is 0 Å². The van der Waals surface area contributed by atoms with E-state index < -0.39 is 0 Å². The summed E-state index contributed by atoms with van der Waals surface area (Å²) >= 11 is 6.28. The second-order valence-corrected chi connectivity index (χ2v) is 9.70. The molecule has 2 heterocycles. The van der Waals surface area contributed by atoms with E-state index in [0.29, 0.717) is 18.1 Å². The number of halogens is 1. The Kier molecular flexibility index (Phi) is 6.99. The number of piperazine rings is 1. The minimum atomic E-state index is 0.0443. The highest BCUT2D eigenvalue weighted by atomic mass is 35.5. The Morgan fingerprint density at radius 1 is 1.12 bits per heavy atom. The van der Waals surface area contributed by atoms with Crippen molar-refractivity contribution in [1.29, 1.82) is 0 Å². The largest absolute Gasteiger partial charge is 0.411 e. The molecule has 2 aliphatic rings. The molecule has 1 amide bonds. The van der Waals surface area contributed by atoms with Gasteiger partial charge in [0.1, 0.15) is 5.82 Å². The molecule has 1 aliphatic heterocycles. The van der Waals surface area contributed by atoms with Gasteiger partial charge in [-0.15, -0.1) is 0 Å². The van der Waals surface area contributed by atoms with Crippen molar-refractivity contribution in [3.05, 3.63) is 59.2 Å². The van der Waals surface area contributed by atoms with E-state index in [1.807, 2.05) is 47.4 Å². The summed E-state index contributed by atoms with van der Waals surface area (Å²) in [6, 6.07) is 13.5. The van der Waals surface area contributed by atoms with E-state index in [2.05, 4.69) is 22.0 Å². The lowest BCUT2D eigenvalue weighted by Crippen LogP contribution is -2.51. The first kappa shape index (κ1) is 22.6. The van der Waals surface area contributed by atoms with E-state index in [9.17, 15) is 10.0 Å². The molecule has 2 fully saturated rings. The van der Waals surface area contributed by atoms with Crippen molar-refractivity contribution in [3.63, 3.8) is 0 Å². The fourth-order valence-corrected chi connectivity index (χ4v) is 5.22. The summed E-state index contributed by atoms with van der Waals surface area (Å²) in [5.74, 6) is 1.16. The van der Waals surface area contributed by atoms with Crippen molar-refractivity contribution >= 4 is 29.0 Å². The van der Waals surface area contributed by atoms with Crippen LogP contribution in [0.15, 0.2) is 53.8 Å². The number of oxime groups is 1. The molecule has 0 atom stereocenters. The number of carbonyl (C=O) groups is 1. The highest BCUT2D eigenvalue weighted by Crippen LogP contribution is 2.42. The van der Waals surface area contributed by atoms with E-state index in [1.54, 1.807) is 6.20 Å². The van der Waals surface area contributed by atoms with Gasteiger partial charge in [-0.2, -0.15) is 0 Å². The lowest BCUT2D eigenvalue weighted by atomic mass is 9.68. The molecular formula is C25H31ClN4O2. The quantitative estimate of drug-likeness (QED) is 0.398. The Morgan fingerprint density at radius 2 is 1.81 bits per heavy atom. The Labute approximate surface area is 194 Å². The van der Waals surface area contributed by atoms with E-state index in [4.69, 9.17) is 11.6 Å². The highest BCUT2D eigenvalue weighted by Gasteiger charge is 2.37. The molecule has 0 radical (unpaired) electrons. The topological polar surface area (TPSA) is 69.0 Å². The molecule has 0 unspecified atom stereocenters. The van der Waals surface area contributed by atoms with Gasteiger partial charge in [-0.25, -0.2) is 4.98 Å². The Hall–Kier alpha value is -2.60. The van der Waals surface area contributed by atoms with Gasteiger partial charge in [0.25, 0.3) is 0 Å². The van der Waals surface area contributed by atoms with Gasteiger partial charge in [-0.05, 0) is 55.2 Å².